The van der Waals surface area contributed by atoms with Crippen molar-refractivity contribution < 1.29 is 14.3 Å². The van der Waals surface area contributed by atoms with Crippen LogP contribution in [-0.4, -0.2) is 23.3 Å². The molecular formula is C11H15NO3. The number of hydrogen-bond donors (Lipinski definition) is 1. The molecule has 0 aliphatic rings. The maximum atomic E-state index is 11.4. The van der Waals surface area contributed by atoms with Crippen LogP contribution < -0.4 is 0 Å². The molecule has 0 radical (unpaired) electrons. The Balaban J connectivity index is 2.22. The zero-order chi connectivity index (χ0) is 11.1. The summed E-state index contributed by atoms with van der Waals surface area (Å²) in [5.41, 5.74) is 0.879. The first-order valence-electron chi connectivity index (χ1n) is 5.02. The number of carbonyl (C=O) groups excluding carboxylic acids is 2. The molecule has 0 amide bonds. The normalized spacial score (nSPS) is 9.93. The second-order valence-electron chi connectivity index (χ2n) is 3.22. The molecule has 1 aromatic rings. The maximum absolute atomic E-state index is 11.4. The third-order valence-electron chi connectivity index (χ3n) is 1.96. The minimum atomic E-state index is -0.308. The summed E-state index contributed by atoms with van der Waals surface area (Å²) in [7, 11) is 0. The second-order valence-corrected chi connectivity index (χ2v) is 3.22. The Labute approximate surface area is 88.6 Å². The smallest absolute Gasteiger partial charge is 0.306 e. The Morgan fingerprint density at radius 2 is 2.20 bits per heavy atom. The molecule has 15 heavy (non-hydrogen) atoms. The van der Waals surface area contributed by atoms with Gasteiger partial charge in [-0.3, -0.25) is 9.59 Å². The molecule has 0 spiro atoms. The first-order chi connectivity index (χ1) is 7.22. The van der Waals surface area contributed by atoms with Crippen LogP contribution in [0.4, 0.5) is 0 Å². The highest BCUT2D eigenvalue weighted by atomic mass is 16.5. The van der Waals surface area contributed by atoms with Crippen molar-refractivity contribution in [3.63, 3.8) is 0 Å². The van der Waals surface area contributed by atoms with Crippen molar-refractivity contribution in [2.24, 2.45) is 0 Å². The van der Waals surface area contributed by atoms with Gasteiger partial charge in [0, 0.05) is 24.7 Å². The Bertz CT molecular complexity index is 317. The summed E-state index contributed by atoms with van der Waals surface area (Å²) in [6.07, 6.45) is 2.55. The molecule has 1 N–H and O–H groups in total. The third-order valence-corrected chi connectivity index (χ3v) is 1.96. The molecule has 0 bridgehead atoms. The van der Waals surface area contributed by atoms with Crippen molar-refractivity contribution in [1.29, 1.82) is 0 Å². The summed E-state index contributed by atoms with van der Waals surface area (Å²) >= 11 is 0. The van der Waals surface area contributed by atoms with Crippen LogP contribution >= 0.6 is 0 Å². The lowest BCUT2D eigenvalue weighted by atomic mass is 10.1. The van der Waals surface area contributed by atoms with Gasteiger partial charge in [0.1, 0.15) is 5.78 Å². The van der Waals surface area contributed by atoms with Gasteiger partial charge in [-0.1, -0.05) is 0 Å². The van der Waals surface area contributed by atoms with Crippen molar-refractivity contribution in [2.45, 2.75) is 26.2 Å². The van der Waals surface area contributed by atoms with Crippen molar-refractivity contribution >= 4 is 11.8 Å². The lowest BCUT2D eigenvalue weighted by molar-refractivity contribution is -0.144. The van der Waals surface area contributed by atoms with Gasteiger partial charge in [0.15, 0.2) is 0 Å². The van der Waals surface area contributed by atoms with Crippen LogP contribution in [0.25, 0.3) is 0 Å². The summed E-state index contributed by atoms with van der Waals surface area (Å²) in [5, 5.41) is 0. The van der Waals surface area contributed by atoms with E-state index < -0.39 is 0 Å². The van der Waals surface area contributed by atoms with Crippen molar-refractivity contribution in [2.75, 3.05) is 6.61 Å². The largest absolute Gasteiger partial charge is 0.466 e. The van der Waals surface area contributed by atoms with E-state index in [1.807, 2.05) is 12.1 Å². The molecule has 0 saturated carbocycles. The van der Waals surface area contributed by atoms with E-state index in [0.29, 0.717) is 13.0 Å². The van der Waals surface area contributed by atoms with Gasteiger partial charge in [0.2, 0.25) is 0 Å². The molecule has 0 aliphatic heterocycles. The highest BCUT2D eigenvalue weighted by molar-refractivity contribution is 5.84. The van der Waals surface area contributed by atoms with Gasteiger partial charge in [-0.05, 0) is 19.1 Å². The third kappa shape index (κ3) is 4.44. The zero-order valence-corrected chi connectivity index (χ0v) is 8.79. The molecule has 4 nitrogen and oxygen atoms in total. The Hall–Kier alpha value is -1.58. The molecule has 0 atom stereocenters. The maximum Gasteiger partial charge on any atom is 0.306 e. The highest BCUT2D eigenvalue weighted by Crippen LogP contribution is 2.01. The fraction of sp³-hybridized carbons (Fsp3) is 0.455. The first-order valence-corrected chi connectivity index (χ1v) is 5.02. The van der Waals surface area contributed by atoms with Crippen LogP contribution in [-0.2, 0) is 20.7 Å². The minimum Gasteiger partial charge on any atom is -0.466 e. The van der Waals surface area contributed by atoms with Gasteiger partial charge in [0.25, 0.3) is 0 Å². The molecular weight excluding hydrogens is 194 g/mol. The summed E-state index contributed by atoms with van der Waals surface area (Å²) < 4.78 is 4.73. The molecule has 1 heterocycles. The average molecular weight is 209 g/mol. The molecule has 0 unspecified atom stereocenters. The van der Waals surface area contributed by atoms with Crippen LogP contribution in [0.1, 0.15) is 25.5 Å². The number of ketones is 1. The molecule has 0 aliphatic carbocycles. The highest BCUT2D eigenvalue weighted by Gasteiger charge is 2.08. The minimum absolute atomic E-state index is 0.0468. The zero-order valence-electron chi connectivity index (χ0n) is 8.79. The fourth-order valence-corrected chi connectivity index (χ4v) is 1.25. The van der Waals surface area contributed by atoms with Gasteiger partial charge in [-0.25, -0.2) is 0 Å². The van der Waals surface area contributed by atoms with Crippen molar-refractivity contribution in [1.82, 2.24) is 4.98 Å². The van der Waals surface area contributed by atoms with Gasteiger partial charge >= 0.3 is 5.97 Å². The number of Topliss-reactive ketones (excluding diaryl/α,β-unsaturated/α-hetero) is 1. The number of H-pyrrole nitrogens is 1. The van der Waals surface area contributed by atoms with Crippen LogP contribution in [0, 0.1) is 0 Å². The number of hydrogen-bond acceptors (Lipinski definition) is 3. The van der Waals surface area contributed by atoms with Crippen LogP contribution in [0.3, 0.4) is 0 Å². The van der Waals surface area contributed by atoms with E-state index >= 15 is 0 Å². The SMILES string of the molecule is CCOC(=O)CCC(=O)Cc1ccc[nH]1. The monoisotopic (exact) mass is 209 g/mol. The number of ether oxygens (including phenoxy) is 1. The Kier molecular flexibility index (Phi) is 4.60. The number of carbonyl (C=O) groups is 2. The van der Waals surface area contributed by atoms with Crippen LogP contribution in [0.15, 0.2) is 18.3 Å². The Morgan fingerprint density at radius 1 is 1.40 bits per heavy atom. The van der Waals surface area contributed by atoms with E-state index in [-0.39, 0.29) is 24.6 Å². The molecule has 1 aromatic heterocycles. The van der Waals surface area contributed by atoms with Crippen LogP contribution in [0.2, 0.25) is 0 Å². The summed E-state index contributed by atoms with van der Waals surface area (Å²) in [4.78, 5) is 25.3. The lowest BCUT2D eigenvalue weighted by Crippen LogP contribution is -2.09. The van der Waals surface area contributed by atoms with E-state index in [1.165, 1.54) is 0 Å². The van der Waals surface area contributed by atoms with E-state index in [2.05, 4.69) is 4.98 Å². The summed E-state index contributed by atoms with van der Waals surface area (Å²) in [5.74, 6) is -0.261. The quantitative estimate of drug-likeness (QED) is 0.722. The molecule has 4 heteroatoms. The van der Waals surface area contributed by atoms with Crippen molar-refractivity contribution in [3.8, 4) is 0 Å². The summed E-state index contributed by atoms with van der Waals surface area (Å²) in [6, 6.07) is 3.69. The standard InChI is InChI=1S/C11H15NO3/c1-2-15-11(14)6-5-10(13)8-9-4-3-7-12-9/h3-4,7,12H,2,5-6,8H2,1H3. The van der Waals surface area contributed by atoms with Gasteiger partial charge < -0.3 is 9.72 Å². The number of esters is 1. The fourth-order valence-electron chi connectivity index (χ4n) is 1.25. The van der Waals surface area contributed by atoms with E-state index in [1.54, 1.807) is 13.1 Å². The number of rotatable bonds is 6. The molecule has 1 rings (SSSR count). The molecule has 0 fully saturated rings. The second kappa shape index (κ2) is 6.01. The predicted octanol–water partition coefficient (Wildman–Crippen LogP) is 1.47. The van der Waals surface area contributed by atoms with E-state index in [4.69, 9.17) is 4.74 Å². The molecule has 0 saturated heterocycles. The number of nitrogens with one attached hydrogen (secondary N) is 1. The summed E-state index contributed by atoms with van der Waals surface area (Å²) in [6.45, 7) is 2.11. The van der Waals surface area contributed by atoms with Crippen LogP contribution in [0.5, 0.6) is 0 Å². The average Bonchev–Trinajstić information content (AvgIpc) is 2.68. The number of aromatic nitrogens is 1. The van der Waals surface area contributed by atoms with E-state index in [9.17, 15) is 9.59 Å². The topological polar surface area (TPSA) is 59.2 Å². The number of aromatic amines is 1. The first kappa shape index (κ1) is 11.5. The molecule has 82 valence electrons. The predicted molar refractivity (Wildman–Crippen MR) is 55.4 cm³/mol. The van der Waals surface area contributed by atoms with Gasteiger partial charge in [-0.15, -0.1) is 0 Å². The van der Waals surface area contributed by atoms with Crippen molar-refractivity contribution in [3.05, 3.63) is 24.0 Å². The lowest BCUT2D eigenvalue weighted by Gasteiger charge is -2.00. The van der Waals surface area contributed by atoms with Gasteiger partial charge in [0.05, 0.1) is 13.0 Å². The van der Waals surface area contributed by atoms with Gasteiger partial charge in [-0.2, -0.15) is 0 Å². The molecule has 0 aromatic carbocycles. The Morgan fingerprint density at radius 3 is 2.80 bits per heavy atom. The van der Waals surface area contributed by atoms with E-state index in [0.717, 1.165) is 5.69 Å².